The largest absolute Gasteiger partial charge is 0.507 e. The van der Waals surface area contributed by atoms with Crippen LogP contribution in [0.4, 0.5) is 10.1 Å². The summed E-state index contributed by atoms with van der Waals surface area (Å²) in [4.78, 5) is 37.3. The van der Waals surface area contributed by atoms with Crippen molar-refractivity contribution >= 4 is 23.1 Å². The van der Waals surface area contributed by atoms with Gasteiger partial charge < -0.3 is 14.7 Å². The number of nitro benzene ring substituents is 1. The van der Waals surface area contributed by atoms with Gasteiger partial charge in [-0.05, 0) is 50.1 Å². The molecule has 0 aliphatic carbocycles. The van der Waals surface area contributed by atoms with E-state index in [1.54, 1.807) is 0 Å². The molecular formula is C23H23FN2O6. The van der Waals surface area contributed by atoms with Gasteiger partial charge in [0.15, 0.2) is 0 Å². The lowest BCUT2D eigenvalue weighted by Crippen LogP contribution is -2.31. The van der Waals surface area contributed by atoms with E-state index in [1.165, 1.54) is 53.4 Å². The van der Waals surface area contributed by atoms with Crippen LogP contribution in [-0.4, -0.2) is 45.9 Å². The van der Waals surface area contributed by atoms with Crippen LogP contribution < -0.4 is 0 Å². The summed E-state index contributed by atoms with van der Waals surface area (Å²) in [7, 11) is 0. The summed E-state index contributed by atoms with van der Waals surface area (Å²) in [5, 5.41) is 21.8. The molecule has 32 heavy (non-hydrogen) atoms. The van der Waals surface area contributed by atoms with E-state index in [-0.39, 0.29) is 29.5 Å². The van der Waals surface area contributed by atoms with Crippen LogP contribution in [0.25, 0.3) is 5.76 Å². The number of nitrogens with zero attached hydrogens (tertiary/aromatic N) is 2. The number of rotatable bonds is 8. The monoisotopic (exact) mass is 442 g/mol. The molecule has 1 saturated heterocycles. The van der Waals surface area contributed by atoms with E-state index in [1.807, 2.05) is 13.8 Å². The fraction of sp³-hybridized carbons (Fsp3) is 0.304. The standard InChI is InChI=1S/C23H23FN2O6/c1-14(2)32-13-3-12-25-20(15-4-8-17(24)9-5-15)19(22(28)23(25)29)21(27)16-6-10-18(11-7-16)26(30)31/h4-11,14,20,27H,3,12-13H2,1-2H3/t20-/m0/s1. The fourth-order valence-electron chi connectivity index (χ4n) is 3.55. The maximum atomic E-state index is 13.5. The predicted molar refractivity (Wildman–Crippen MR) is 114 cm³/mol. The summed E-state index contributed by atoms with van der Waals surface area (Å²) in [5.74, 6) is -2.59. The molecule has 1 aliphatic rings. The summed E-state index contributed by atoms with van der Waals surface area (Å²) in [6, 6.07) is 9.40. The minimum atomic E-state index is -0.926. The molecule has 1 heterocycles. The number of nitro groups is 1. The number of aliphatic hydroxyl groups is 1. The average molecular weight is 442 g/mol. The molecule has 1 amide bonds. The zero-order valence-electron chi connectivity index (χ0n) is 17.7. The summed E-state index contributed by atoms with van der Waals surface area (Å²) in [6.45, 7) is 4.33. The van der Waals surface area contributed by atoms with Gasteiger partial charge in [0.2, 0.25) is 0 Å². The molecule has 1 atom stereocenters. The molecule has 0 unspecified atom stereocenters. The number of Topliss-reactive ketones (excluding diaryl/α,β-unsaturated/α-hetero) is 1. The number of ketones is 1. The van der Waals surface area contributed by atoms with Gasteiger partial charge in [-0.1, -0.05) is 12.1 Å². The molecule has 1 N–H and O–H groups in total. The van der Waals surface area contributed by atoms with Crippen LogP contribution in [-0.2, 0) is 14.3 Å². The van der Waals surface area contributed by atoms with E-state index in [0.29, 0.717) is 18.6 Å². The molecule has 9 heteroatoms. The molecule has 1 aliphatic heterocycles. The Balaban J connectivity index is 2.02. The average Bonchev–Trinajstić information content (AvgIpc) is 3.01. The van der Waals surface area contributed by atoms with Crippen molar-refractivity contribution in [3.05, 3.63) is 81.2 Å². The summed E-state index contributed by atoms with van der Waals surface area (Å²) >= 11 is 0. The van der Waals surface area contributed by atoms with E-state index in [9.17, 15) is 29.2 Å². The molecule has 2 aromatic carbocycles. The van der Waals surface area contributed by atoms with Gasteiger partial charge in [-0.25, -0.2) is 4.39 Å². The molecule has 8 nitrogen and oxygen atoms in total. The normalized spacial score (nSPS) is 17.9. The first-order valence-electron chi connectivity index (χ1n) is 10.1. The van der Waals surface area contributed by atoms with Crippen molar-refractivity contribution in [2.24, 2.45) is 0 Å². The Morgan fingerprint density at radius 2 is 1.78 bits per heavy atom. The number of carbonyl (C=O) groups excluding carboxylic acids is 2. The van der Waals surface area contributed by atoms with Crippen LogP contribution in [0.3, 0.4) is 0 Å². The number of carbonyl (C=O) groups is 2. The molecular weight excluding hydrogens is 419 g/mol. The number of halogens is 1. The zero-order chi connectivity index (χ0) is 23.4. The number of aliphatic hydroxyl groups excluding tert-OH is 1. The molecule has 168 valence electrons. The molecule has 0 aromatic heterocycles. The Hall–Kier alpha value is -3.59. The third-order valence-corrected chi connectivity index (χ3v) is 5.07. The second-order valence-corrected chi connectivity index (χ2v) is 7.62. The van der Waals surface area contributed by atoms with Crippen LogP contribution in [0.5, 0.6) is 0 Å². The van der Waals surface area contributed by atoms with E-state index >= 15 is 0 Å². The molecule has 1 fully saturated rings. The highest BCUT2D eigenvalue weighted by molar-refractivity contribution is 6.46. The highest BCUT2D eigenvalue weighted by Crippen LogP contribution is 2.39. The number of likely N-dealkylation sites (tertiary alicyclic amines) is 1. The third-order valence-electron chi connectivity index (χ3n) is 5.07. The maximum Gasteiger partial charge on any atom is 0.295 e. The quantitative estimate of drug-likeness (QED) is 0.165. The lowest BCUT2D eigenvalue weighted by atomic mass is 9.95. The van der Waals surface area contributed by atoms with Crippen LogP contribution >= 0.6 is 0 Å². The van der Waals surface area contributed by atoms with E-state index in [4.69, 9.17) is 4.74 Å². The van der Waals surface area contributed by atoms with Crippen molar-refractivity contribution in [3.63, 3.8) is 0 Å². The van der Waals surface area contributed by atoms with Crippen LogP contribution in [0.1, 0.15) is 37.4 Å². The summed E-state index contributed by atoms with van der Waals surface area (Å²) < 4.78 is 19.0. The van der Waals surface area contributed by atoms with Crippen LogP contribution in [0.15, 0.2) is 54.1 Å². The minimum Gasteiger partial charge on any atom is -0.507 e. The molecule has 3 rings (SSSR count). The van der Waals surface area contributed by atoms with Crippen molar-refractivity contribution in [2.75, 3.05) is 13.2 Å². The number of amides is 1. The van der Waals surface area contributed by atoms with Gasteiger partial charge in [0.05, 0.1) is 22.6 Å². The maximum absolute atomic E-state index is 13.5. The van der Waals surface area contributed by atoms with Gasteiger partial charge in [0.25, 0.3) is 17.4 Å². The first-order chi connectivity index (χ1) is 15.2. The number of hydrogen-bond donors (Lipinski definition) is 1. The predicted octanol–water partition coefficient (Wildman–Crippen LogP) is 3.97. The molecule has 0 saturated carbocycles. The van der Waals surface area contributed by atoms with Gasteiger partial charge in [0.1, 0.15) is 11.6 Å². The Morgan fingerprint density at radius 1 is 1.16 bits per heavy atom. The lowest BCUT2D eigenvalue weighted by Gasteiger charge is -2.25. The van der Waals surface area contributed by atoms with Gasteiger partial charge in [-0.15, -0.1) is 0 Å². The minimum absolute atomic E-state index is 0.0143. The number of ether oxygens (including phenoxy) is 1. The molecule has 0 radical (unpaired) electrons. The molecule has 0 bridgehead atoms. The number of hydrogen-bond acceptors (Lipinski definition) is 6. The number of non-ortho nitro benzene ring substituents is 1. The van der Waals surface area contributed by atoms with E-state index in [0.717, 1.165) is 0 Å². The molecule has 0 spiro atoms. The van der Waals surface area contributed by atoms with Gasteiger partial charge in [0, 0.05) is 30.8 Å². The Kier molecular flexibility index (Phi) is 6.99. The first kappa shape index (κ1) is 23.1. The summed E-state index contributed by atoms with van der Waals surface area (Å²) in [6.07, 6.45) is 0.473. The van der Waals surface area contributed by atoms with Crippen LogP contribution in [0.2, 0.25) is 0 Å². The van der Waals surface area contributed by atoms with Gasteiger partial charge in [-0.3, -0.25) is 19.7 Å². The van der Waals surface area contributed by atoms with Crippen molar-refractivity contribution in [1.29, 1.82) is 0 Å². The highest BCUT2D eigenvalue weighted by atomic mass is 19.1. The lowest BCUT2D eigenvalue weighted by molar-refractivity contribution is -0.384. The first-order valence-corrected chi connectivity index (χ1v) is 10.1. The van der Waals surface area contributed by atoms with Crippen molar-refractivity contribution in [3.8, 4) is 0 Å². The number of benzene rings is 2. The Labute approximate surface area is 184 Å². The van der Waals surface area contributed by atoms with Gasteiger partial charge in [-0.2, -0.15) is 0 Å². The Bertz CT molecular complexity index is 1050. The smallest absolute Gasteiger partial charge is 0.295 e. The SMILES string of the molecule is CC(C)OCCCN1C(=O)C(=O)C(=C(O)c2ccc([N+](=O)[O-])cc2)[C@@H]1c1ccc(F)cc1. The van der Waals surface area contributed by atoms with Crippen molar-refractivity contribution < 1.29 is 28.7 Å². The van der Waals surface area contributed by atoms with Crippen LogP contribution in [0, 0.1) is 15.9 Å². The fourth-order valence-corrected chi connectivity index (χ4v) is 3.55. The van der Waals surface area contributed by atoms with Gasteiger partial charge >= 0.3 is 0 Å². The zero-order valence-corrected chi connectivity index (χ0v) is 17.7. The van der Waals surface area contributed by atoms with Crippen molar-refractivity contribution in [2.45, 2.75) is 32.4 Å². The summed E-state index contributed by atoms with van der Waals surface area (Å²) in [5.41, 5.74) is 0.283. The second kappa shape index (κ2) is 9.69. The van der Waals surface area contributed by atoms with E-state index in [2.05, 4.69) is 0 Å². The van der Waals surface area contributed by atoms with Crippen molar-refractivity contribution in [1.82, 2.24) is 4.90 Å². The second-order valence-electron chi connectivity index (χ2n) is 7.62. The molecule has 2 aromatic rings. The third kappa shape index (κ3) is 4.83. The Morgan fingerprint density at radius 3 is 2.34 bits per heavy atom. The highest BCUT2D eigenvalue weighted by Gasteiger charge is 2.45. The topological polar surface area (TPSA) is 110 Å². The van der Waals surface area contributed by atoms with E-state index < -0.39 is 34.2 Å².